The van der Waals surface area contributed by atoms with Crippen molar-refractivity contribution in [2.75, 3.05) is 0 Å². The second-order valence-electron chi connectivity index (χ2n) is 3.47. The topological polar surface area (TPSA) is 34.9 Å². The van der Waals surface area contributed by atoms with Crippen LogP contribution in [0.3, 0.4) is 0 Å². The number of aldehydes is 1. The molecule has 1 rings (SSSR count). The van der Waals surface area contributed by atoms with Crippen molar-refractivity contribution in [1.82, 2.24) is 9.55 Å². The van der Waals surface area contributed by atoms with Crippen molar-refractivity contribution < 1.29 is 4.79 Å². The number of carbonyl (C=O) groups is 1. The largest absolute Gasteiger partial charge is 0.326 e. The van der Waals surface area contributed by atoms with Gasteiger partial charge in [-0.2, -0.15) is 0 Å². The molecule has 0 atom stereocenters. The average Bonchev–Trinajstić information content (AvgIpc) is 2.48. The molecule has 0 spiro atoms. The predicted molar refractivity (Wildman–Crippen MR) is 52.0 cm³/mol. The summed E-state index contributed by atoms with van der Waals surface area (Å²) in [6, 6.07) is 0. The van der Waals surface area contributed by atoms with Crippen molar-refractivity contribution in [1.29, 1.82) is 0 Å². The Hall–Kier alpha value is -1.12. The van der Waals surface area contributed by atoms with Crippen LogP contribution >= 0.6 is 0 Å². The van der Waals surface area contributed by atoms with Crippen molar-refractivity contribution in [3.05, 3.63) is 17.7 Å². The molecule has 0 radical (unpaired) electrons. The van der Waals surface area contributed by atoms with Crippen molar-refractivity contribution in [2.45, 2.75) is 39.7 Å². The van der Waals surface area contributed by atoms with Crippen LogP contribution in [0.25, 0.3) is 0 Å². The lowest BCUT2D eigenvalue weighted by Crippen LogP contribution is -2.07. The summed E-state index contributed by atoms with van der Waals surface area (Å²) in [5, 5.41) is 0. The number of hydrogen-bond acceptors (Lipinski definition) is 2. The Morgan fingerprint density at radius 3 is 2.77 bits per heavy atom. The van der Waals surface area contributed by atoms with Crippen LogP contribution in [0.1, 0.15) is 49.4 Å². The van der Waals surface area contributed by atoms with Gasteiger partial charge in [0.05, 0.1) is 6.20 Å². The van der Waals surface area contributed by atoms with Gasteiger partial charge in [-0.3, -0.25) is 4.79 Å². The molecular formula is C10H16N2O. The molecule has 0 N–H and O–H groups in total. The van der Waals surface area contributed by atoms with Gasteiger partial charge in [0.15, 0.2) is 6.29 Å². The third-order valence-electron chi connectivity index (χ3n) is 2.00. The molecule has 0 saturated carbocycles. The first-order valence-electron chi connectivity index (χ1n) is 4.71. The normalized spacial score (nSPS) is 10.8. The highest BCUT2D eigenvalue weighted by molar-refractivity contribution is 5.71. The SMILES string of the molecule is CCCn1c(C=O)cnc1C(C)C. The fraction of sp³-hybridized carbons (Fsp3) is 0.600. The number of rotatable bonds is 4. The molecule has 1 aromatic heterocycles. The monoisotopic (exact) mass is 180 g/mol. The van der Waals surface area contributed by atoms with E-state index in [-0.39, 0.29) is 0 Å². The smallest absolute Gasteiger partial charge is 0.168 e. The van der Waals surface area contributed by atoms with Crippen LogP contribution in [-0.2, 0) is 6.54 Å². The zero-order valence-electron chi connectivity index (χ0n) is 8.45. The minimum atomic E-state index is 0.375. The molecular weight excluding hydrogens is 164 g/mol. The Morgan fingerprint density at radius 2 is 2.31 bits per heavy atom. The maximum absolute atomic E-state index is 10.7. The van der Waals surface area contributed by atoms with Gasteiger partial charge in [-0.15, -0.1) is 0 Å². The third kappa shape index (κ3) is 1.97. The van der Waals surface area contributed by atoms with Crippen LogP contribution < -0.4 is 0 Å². The molecule has 0 unspecified atom stereocenters. The summed E-state index contributed by atoms with van der Waals surface area (Å²) in [4.78, 5) is 14.9. The van der Waals surface area contributed by atoms with E-state index in [1.165, 1.54) is 0 Å². The van der Waals surface area contributed by atoms with Crippen LogP contribution in [0.5, 0.6) is 0 Å². The molecule has 1 aromatic rings. The molecule has 0 bridgehead atoms. The van der Waals surface area contributed by atoms with E-state index in [0.29, 0.717) is 11.6 Å². The predicted octanol–water partition coefficient (Wildman–Crippen LogP) is 2.23. The molecule has 1 heterocycles. The third-order valence-corrected chi connectivity index (χ3v) is 2.00. The minimum Gasteiger partial charge on any atom is -0.326 e. The summed E-state index contributed by atoms with van der Waals surface area (Å²) < 4.78 is 2.00. The van der Waals surface area contributed by atoms with Gasteiger partial charge in [0.1, 0.15) is 11.5 Å². The standard InChI is InChI=1S/C10H16N2O/c1-4-5-12-9(7-13)6-11-10(12)8(2)3/h6-8H,4-5H2,1-3H3. The van der Waals surface area contributed by atoms with Crippen LogP contribution in [0, 0.1) is 0 Å². The molecule has 0 aliphatic carbocycles. The highest BCUT2D eigenvalue weighted by atomic mass is 16.1. The van der Waals surface area contributed by atoms with E-state index in [4.69, 9.17) is 0 Å². The van der Waals surface area contributed by atoms with Gasteiger partial charge in [-0.05, 0) is 6.42 Å². The Balaban J connectivity index is 3.05. The fourth-order valence-corrected chi connectivity index (χ4v) is 1.43. The first kappa shape index (κ1) is 9.96. The van der Waals surface area contributed by atoms with E-state index in [0.717, 1.165) is 25.1 Å². The number of carbonyl (C=O) groups excluding carboxylic acids is 1. The number of aromatic nitrogens is 2. The lowest BCUT2D eigenvalue weighted by atomic mass is 10.2. The molecule has 0 amide bonds. The maximum atomic E-state index is 10.7. The van der Waals surface area contributed by atoms with Gasteiger partial charge in [-0.25, -0.2) is 4.98 Å². The van der Waals surface area contributed by atoms with Gasteiger partial charge in [0.25, 0.3) is 0 Å². The van der Waals surface area contributed by atoms with Gasteiger partial charge < -0.3 is 4.57 Å². The van der Waals surface area contributed by atoms with E-state index in [1.807, 2.05) is 4.57 Å². The zero-order chi connectivity index (χ0) is 9.84. The maximum Gasteiger partial charge on any atom is 0.168 e. The molecule has 0 aliphatic heterocycles. The van der Waals surface area contributed by atoms with E-state index < -0.39 is 0 Å². The lowest BCUT2D eigenvalue weighted by molar-refractivity contribution is 0.111. The summed E-state index contributed by atoms with van der Waals surface area (Å²) in [5.74, 6) is 1.38. The number of hydrogen-bond donors (Lipinski definition) is 0. The quantitative estimate of drug-likeness (QED) is 0.666. The summed E-state index contributed by atoms with van der Waals surface area (Å²) >= 11 is 0. The summed E-state index contributed by atoms with van der Waals surface area (Å²) in [5.41, 5.74) is 0.686. The van der Waals surface area contributed by atoms with Crippen LogP contribution in [0.4, 0.5) is 0 Å². The van der Waals surface area contributed by atoms with Crippen molar-refractivity contribution in [3.8, 4) is 0 Å². The summed E-state index contributed by atoms with van der Waals surface area (Å²) in [7, 11) is 0. The fourth-order valence-electron chi connectivity index (χ4n) is 1.43. The molecule has 0 fully saturated rings. The Labute approximate surface area is 78.8 Å². The van der Waals surface area contributed by atoms with E-state index >= 15 is 0 Å². The van der Waals surface area contributed by atoms with E-state index in [9.17, 15) is 4.79 Å². The second kappa shape index (κ2) is 4.21. The van der Waals surface area contributed by atoms with Gasteiger partial charge in [0.2, 0.25) is 0 Å². The second-order valence-corrected chi connectivity index (χ2v) is 3.47. The molecule has 0 aliphatic rings. The van der Waals surface area contributed by atoms with E-state index in [1.54, 1.807) is 6.20 Å². The zero-order valence-corrected chi connectivity index (χ0v) is 8.45. The lowest BCUT2D eigenvalue weighted by Gasteiger charge is -2.09. The molecule has 72 valence electrons. The Morgan fingerprint density at radius 1 is 1.62 bits per heavy atom. The first-order valence-corrected chi connectivity index (χ1v) is 4.71. The first-order chi connectivity index (χ1) is 6.20. The highest BCUT2D eigenvalue weighted by Gasteiger charge is 2.10. The van der Waals surface area contributed by atoms with Gasteiger partial charge in [-0.1, -0.05) is 20.8 Å². The Bertz CT molecular complexity index is 289. The van der Waals surface area contributed by atoms with Crippen LogP contribution in [-0.4, -0.2) is 15.8 Å². The van der Waals surface area contributed by atoms with Gasteiger partial charge in [0, 0.05) is 12.5 Å². The highest BCUT2D eigenvalue weighted by Crippen LogP contribution is 2.14. The average molecular weight is 180 g/mol. The van der Waals surface area contributed by atoms with Gasteiger partial charge >= 0.3 is 0 Å². The summed E-state index contributed by atoms with van der Waals surface area (Å²) in [6.07, 6.45) is 3.55. The van der Waals surface area contributed by atoms with Crippen molar-refractivity contribution in [3.63, 3.8) is 0 Å². The van der Waals surface area contributed by atoms with Crippen LogP contribution in [0.15, 0.2) is 6.20 Å². The van der Waals surface area contributed by atoms with Crippen LogP contribution in [0.2, 0.25) is 0 Å². The number of nitrogens with zero attached hydrogens (tertiary/aromatic N) is 2. The molecule has 0 aromatic carbocycles. The summed E-state index contributed by atoms with van der Waals surface area (Å²) in [6.45, 7) is 7.15. The molecule has 3 heteroatoms. The van der Waals surface area contributed by atoms with E-state index in [2.05, 4.69) is 25.8 Å². The molecule has 0 saturated heterocycles. The molecule has 3 nitrogen and oxygen atoms in total. The van der Waals surface area contributed by atoms with Crippen molar-refractivity contribution in [2.24, 2.45) is 0 Å². The molecule has 13 heavy (non-hydrogen) atoms. The van der Waals surface area contributed by atoms with Crippen molar-refractivity contribution >= 4 is 6.29 Å². The minimum absolute atomic E-state index is 0.375. The Kier molecular flexibility index (Phi) is 3.23. The number of imidazole rings is 1.